The first-order valence-corrected chi connectivity index (χ1v) is 51.3. The molecule has 0 saturated carbocycles. The van der Waals surface area contributed by atoms with Crippen LogP contribution in [0.1, 0.15) is 134 Å². The van der Waals surface area contributed by atoms with Crippen LogP contribution in [0.25, 0.3) is 78.5 Å². The summed E-state index contributed by atoms with van der Waals surface area (Å²) in [7, 11) is 6.18. The number of halogens is 3. The summed E-state index contributed by atoms with van der Waals surface area (Å²) in [6.45, 7) is 19.9. The second kappa shape index (κ2) is 41.1. The van der Waals surface area contributed by atoms with Gasteiger partial charge in [-0.25, -0.2) is 13.2 Å². The minimum atomic E-state index is -1.29. The largest absolute Gasteiger partial charge is 0.497 e. The fourth-order valence-electron chi connectivity index (χ4n) is 22.8. The number of ether oxygens (including phenoxy) is 11. The molecule has 3 saturated heterocycles. The van der Waals surface area contributed by atoms with Crippen molar-refractivity contribution >= 4 is 84.5 Å². The molecule has 7 aliphatic heterocycles. The molecule has 0 aromatic heterocycles. The molecule has 2 atom stereocenters. The lowest BCUT2D eigenvalue weighted by Crippen LogP contribution is -2.37. The van der Waals surface area contributed by atoms with Gasteiger partial charge in [0, 0.05) is 162 Å². The van der Waals surface area contributed by atoms with E-state index in [9.17, 15) is 18.3 Å². The van der Waals surface area contributed by atoms with Crippen LogP contribution in [0.15, 0.2) is 346 Å². The quantitative estimate of drug-likeness (QED) is 0.0873. The van der Waals surface area contributed by atoms with Crippen LogP contribution in [0.5, 0.6) is 46.0 Å². The molecule has 149 heavy (non-hydrogen) atoms. The Morgan fingerprint density at radius 1 is 0.349 bits per heavy atom. The number of fused-ring (bicyclic) bond motifs is 17. The number of rotatable bonds is 18. The van der Waals surface area contributed by atoms with Gasteiger partial charge in [0.25, 0.3) is 0 Å². The van der Waals surface area contributed by atoms with Gasteiger partial charge in [0.15, 0.2) is 45.5 Å². The predicted octanol–water partition coefficient (Wildman–Crippen LogP) is 28.5. The number of benzene rings is 17. The van der Waals surface area contributed by atoms with Crippen LogP contribution in [0.2, 0.25) is 0 Å². The summed E-state index contributed by atoms with van der Waals surface area (Å²) < 4.78 is 111. The van der Waals surface area contributed by atoms with E-state index in [4.69, 9.17) is 52.1 Å². The molecule has 0 bridgehead atoms. The summed E-state index contributed by atoms with van der Waals surface area (Å²) in [5.41, 5.74) is 17.1. The van der Waals surface area contributed by atoms with Gasteiger partial charge in [0.05, 0.1) is 68.1 Å². The number of hydrogen-bond donors (Lipinski definition) is 1. The summed E-state index contributed by atoms with van der Waals surface area (Å²) in [5.74, 6) is 4.04. The van der Waals surface area contributed by atoms with E-state index in [1.807, 2.05) is 60.7 Å². The molecular formula is C131H118F3N3O12. The number of hydrogen-bond acceptors (Lipinski definition) is 15. The van der Waals surface area contributed by atoms with Gasteiger partial charge >= 0.3 is 0 Å². The van der Waals surface area contributed by atoms with E-state index < -0.39 is 39.6 Å². The summed E-state index contributed by atoms with van der Waals surface area (Å²) in [6.07, 6.45) is 18.3. The minimum absolute atomic E-state index is 0.116. The highest BCUT2D eigenvalue weighted by Crippen LogP contribution is 2.61. The van der Waals surface area contributed by atoms with Gasteiger partial charge in [-0.1, -0.05) is 281 Å². The van der Waals surface area contributed by atoms with E-state index in [-0.39, 0.29) is 17.3 Å². The first-order chi connectivity index (χ1) is 72.8. The maximum Gasteiger partial charge on any atom is 0.178 e. The zero-order valence-corrected chi connectivity index (χ0v) is 85.1. The third-order valence-electron chi connectivity index (χ3n) is 30.4. The lowest BCUT2D eigenvalue weighted by Gasteiger charge is -2.38. The smallest absolute Gasteiger partial charge is 0.178 e. The molecule has 3 fully saturated rings. The Kier molecular flexibility index (Phi) is 27.0. The maximum atomic E-state index is 15.0. The maximum absolute atomic E-state index is 15.0. The zero-order chi connectivity index (χ0) is 102. The number of nitrogens with zero attached hydrogens (tertiary/aromatic N) is 3. The van der Waals surface area contributed by atoms with E-state index in [0.29, 0.717) is 55.6 Å². The SMILES string of the molecule is CC(C)c1cc2ccccc2c2c1C=CC(c1ccccc1)(c1ccccc1)O2.CCCC1(O)c2cc(C)ccc2-c2c1c1c(c3cc(C)ccc23)OC(c2ccc(OC)cc2)(c2ccc(OC)cc2)C=C1.COc1ccc(C2(c3ccc(OC)c(F)c3)C=Cc3c(cc(N4CCOCC4)c4ccccc34)O2)cc1F.Fc1cccc(C2(c3ccc(N4CCOCC4)cc3)C=Cc3c(cc(N4CCOCC4)c4ccccc34)O2)c1. The van der Waals surface area contributed by atoms with Crippen molar-refractivity contribution in [3.8, 4) is 57.1 Å². The topological polar surface area (TPSA) is 131 Å². The molecule has 7 heterocycles. The van der Waals surface area contributed by atoms with Crippen LogP contribution in [0.4, 0.5) is 30.2 Å². The van der Waals surface area contributed by atoms with Crippen LogP contribution in [-0.4, -0.2) is 112 Å². The third-order valence-corrected chi connectivity index (χ3v) is 30.4. The van der Waals surface area contributed by atoms with Gasteiger partial charge in [-0.2, -0.15) is 0 Å². The normalized spacial score (nSPS) is 17.6. The van der Waals surface area contributed by atoms with E-state index in [1.165, 1.54) is 54.3 Å². The molecule has 25 rings (SSSR count). The lowest BCUT2D eigenvalue weighted by atomic mass is 9.79. The van der Waals surface area contributed by atoms with Gasteiger partial charge < -0.3 is 71.9 Å². The average molecular weight is 1980 g/mol. The fraction of sp³-hybridized carbons (Fsp3) is 0.221. The van der Waals surface area contributed by atoms with Gasteiger partial charge in [0.1, 0.15) is 45.9 Å². The van der Waals surface area contributed by atoms with Crippen molar-refractivity contribution in [1.82, 2.24) is 0 Å². The van der Waals surface area contributed by atoms with Gasteiger partial charge in [-0.3, -0.25) is 0 Å². The Morgan fingerprint density at radius 3 is 1.24 bits per heavy atom. The van der Waals surface area contributed by atoms with Crippen LogP contribution >= 0.6 is 0 Å². The molecule has 0 radical (unpaired) electrons. The predicted molar refractivity (Wildman–Crippen MR) is 591 cm³/mol. The van der Waals surface area contributed by atoms with Crippen molar-refractivity contribution in [2.24, 2.45) is 0 Å². The Labute approximate surface area is 867 Å². The number of morpholine rings is 3. The van der Waals surface area contributed by atoms with Gasteiger partial charge in [-0.05, 0) is 185 Å². The van der Waals surface area contributed by atoms with Crippen LogP contribution in [0, 0.1) is 31.3 Å². The summed E-state index contributed by atoms with van der Waals surface area (Å²) in [4.78, 5) is 6.99. The molecule has 17 aromatic carbocycles. The van der Waals surface area contributed by atoms with Crippen molar-refractivity contribution < 1.29 is 70.4 Å². The Balaban J connectivity index is 0.000000113. The molecule has 0 spiro atoms. The second-order valence-electron chi connectivity index (χ2n) is 39.4. The molecule has 0 amide bonds. The molecule has 15 nitrogen and oxygen atoms in total. The first-order valence-electron chi connectivity index (χ1n) is 51.3. The number of methoxy groups -OCH3 is 4. The molecular weight excluding hydrogens is 1860 g/mol. The molecule has 2 unspecified atom stereocenters. The van der Waals surface area contributed by atoms with Crippen LogP contribution in [0.3, 0.4) is 0 Å². The van der Waals surface area contributed by atoms with Gasteiger partial charge in [-0.15, -0.1) is 0 Å². The van der Waals surface area contributed by atoms with Crippen LogP contribution < -0.4 is 52.6 Å². The van der Waals surface area contributed by atoms with Crippen molar-refractivity contribution in [2.75, 3.05) is 122 Å². The number of aryl methyl sites for hydroxylation is 2. The molecule has 17 aromatic rings. The van der Waals surface area contributed by atoms with Crippen molar-refractivity contribution in [3.05, 3.63) is 458 Å². The number of aliphatic hydroxyl groups is 1. The standard InChI is InChI=1S/C39H36O4.C33H31FN2O3.C31H27F2NO4.C28H24O/c1-6-20-38(40)34-23-25(3)8-18-31(34)35-30-17-7-24(2)22-33(30)37-32(36(35)38)19-21-39(43-37,26-9-13-28(41-4)14-10-26)27-11-15-29(42-5)16-12-27;34-26-5-3-4-25(22-26)33(24-8-10-27(11-9-24)35-14-18-37-19-15-35)13-12-30-28-6-1-2-7-29(28)31(23-32(30)39-33)36-16-20-38-21-17-36;1-35-28-9-7-20(17-25(28)32)31(21-8-10-29(36-2)26(33)18-21)12-11-24-22-5-3-4-6-23(22)27(19-30(24)38-31)34-13-15-37-16-14-34;1-20(2)26-19-21-11-9-10-16-24(21)27-25(26)17-18-28(29-27,22-12-5-3-6-13-22)23-14-7-4-8-15-23/h7-19,21-23,40H,6,20H2,1-5H3;1-13,22-23H,14-21H2;3-12,17-19H,13-16H2,1-2H3;3-20H,1-2H3. The highest BCUT2D eigenvalue weighted by molar-refractivity contribution is 6.09. The Bertz CT molecular complexity index is 7890. The van der Waals surface area contributed by atoms with E-state index in [1.54, 1.807) is 50.6 Å². The minimum Gasteiger partial charge on any atom is -0.497 e. The van der Waals surface area contributed by atoms with E-state index in [2.05, 4.69) is 304 Å². The Morgan fingerprint density at radius 2 is 0.758 bits per heavy atom. The average Bonchev–Trinajstić information content (AvgIpc) is 1.40. The second-order valence-corrected chi connectivity index (χ2v) is 39.4. The van der Waals surface area contributed by atoms with Crippen molar-refractivity contribution in [1.29, 1.82) is 0 Å². The fourth-order valence-corrected chi connectivity index (χ4v) is 22.8. The third kappa shape index (κ3) is 18.0. The van der Waals surface area contributed by atoms with E-state index >= 15 is 0 Å². The monoisotopic (exact) mass is 1980 g/mol. The lowest BCUT2D eigenvalue weighted by molar-refractivity contribution is 0.0737. The number of anilines is 3. The van der Waals surface area contributed by atoms with Gasteiger partial charge in [0.2, 0.25) is 0 Å². The Hall–Kier alpha value is -15.8. The molecule has 18 heteroatoms. The zero-order valence-electron chi connectivity index (χ0n) is 85.1. The highest BCUT2D eigenvalue weighted by atomic mass is 19.1. The summed E-state index contributed by atoms with van der Waals surface area (Å²) in [5, 5.41) is 21.6. The first kappa shape index (κ1) is 97.9. The summed E-state index contributed by atoms with van der Waals surface area (Å²) >= 11 is 0. The summed E-state index contributed by atoms with van der Waals surface area (Å²) in [6, 6.07) is 106. The van der Waals surface area contributed by atoms with Crippen LogP contribution in [-0.2, 0) is 42.2 Å². The molecule has 8 aliphatic rings. The van der Waals surface area contributed by atoms with Crippen molar-refractivity contribution in [2.45, 2.75) is 81.4 Å². The highest BCUT2D eigenvalue weighted by Gasteiger charge is 2.49. The van der Waals surface area contributed by atoms with Crippen molar-refractivity contribution in [3.63, 3.8) is 0 Å². The molecule has 750 valence electrons. The molecule has 1 aliphatic carbocycles. The van der Waals surface area contributed by atoms with E-state index in [0.717, 1.165) is 220 Å². The molecule has 1 N–H and O–H groups in total.